The van der Waals surface area contributed by atoms with Crippen molar-refractivity contribution in [3.05, 3.63) is 48.0 Å². The Kier molecular flexibility index (Phi) is 4.35. The van der Waals surface area contributed by atoms with E-state index in [4.69, 9.17) is 5.11 Å². The first kappa shape index (κ1) is 14.1. The molecule has 0 aliphatic heterocycles. The Hall–Kier alpha value is -2.36. The Morgan fingerprint density at radius 1 is 1.15 bits per heavy atom. The Morgan fingerprint density at radius 2 is 1.85 bits per heavy atom. The van der Waals surface area contributed by atoms with Gasteiger partial charge in [-0.2, -0.15) is 0 Å². The number of carbonyl (C=O) groups is 2. The average molecular weight is 272 g/mol. The second-order valence-electron chi connectivity index (χ2n) is 4.70. The molecule has 4 heteroatoms. The van der Waals surface area contributed by atoms with Crippen molar-refractivity contribution in [2.45, 2.75) is 12.8 Å². The van der Waals surface area contributed by atoms with Gasteiger partial charge in [0.15, 0.2) is 0 Å². The standard InChI is InChI=1S/C16H16O4/c1-20-16(19)14(10-15(17)18)9-11-6-7-12-4-2-3-5-13(12)8-11/h2-8,14H,9-10H2,1H3,(H,17,18)/t14-/m0/s1. The van der Waals surface area contributed by atoms with Crippen molar-refractivity contribution in [2.24, 2.45) is 5.92 Å². The lowest BCUT2D eigenvalue weighted by Crippen LogP contribution is -2.22. The number of aliphatic carboxylic acids is 1. The van der Waals surface area contributed by atoms with E-state index in [1.165, 1.54) is 7.11 Å². The first-order valence-corrected chi connectivity index (χ1v) is 6.37. The molecule has 0 unspecified atom stereocenters. The summed E-state index contributed by atoms with van der Waals surface area (Å²) in [4.78, 5) is 22.5. The SMILES string of the molecule is COC(=O)[C@H](CC(=O)O)Cc1ccc2ccccc2c1. The minimum atomic E-state index is -0.999. The van der Waals surface area contributed by atoms with Crippen molar-refractivity contribution >= 4 is 22.7 Å². The summed E-state index contributed by atoms with van der Waals surface area (Å²) in [6.07, 6.45) is 0.142. The van der Waals surface area contributed by atoms with Crippen LogP contribution in [0.2, 0.25) is 0 Å². The van der Waals surface area contributed by atoms with Crippen LogP contribution in [0.1, 0.15) is 12.0 Å². The second-order valence-corrected chi connectivity index (χ2v) is 4.70. The lowest BCUT2D eigenvalue weighted by atomic mass is 9.95. The van der Waals surface area contributed by atoms with Crippen molar-refractivity contribution in [3.8, 4) is 0 Å². The predicted molar refractivity (Wildman–Crippen MR) is 75.4 cm³/mol. The van der Waals surface area contributed by atoms with Gasteiger partial charge in [-0.15, -0.1) is 0 Å². The molecule has 0 bridgehead atoms. The fourth-order valence-corrected chi connectivity index (χ4v) is 2.27. The van der Waals surface area contributed by atoms with Gasteiger partial charge >= 0.3 is 11.9 Å². The molecule has 0 aromatic heterocycles. The minimum Gasteiger partial charge on any atom is -0.481 e. The molecule has 2 aromatic carbocycles. The quantitative estimate of drug-likeness (QED) is 0.850. The van der Waals surface area contributed by atoms with Crippen LogP contribution in [0.4, 0.5) is 0 Å². The third kappa shape index (κ3) is 3.35. The maximum atomic E-state index is 11.6. The highest BCUT2D eigenvalue weighted by Gasteiger charge is 2.22. The smallest absolute Gasteiger partial charge is 0.309 e. The van der Waals surface area contributed by atoms with Crippen LogP contribution >= 0.6 is 0 Å². The van der Waals surface area contributed by atoms with E-state index in [2.05, 4.69) is 4.74 Å². The van der Waals surface area contributed by atoms with Crippen LogP contribution in [0.15, 0.2) is 42.5 Å². The zero-order chi connectivity index (χ0) is 14.5. The Labute approximate surface area is 117 Å². The van der Waals surface area contributed by atoms with Gasteiger partial charge in [0, 0.05) is 0 Å². The molecule has 1 atom stereocenters. The van der Waals surface area contributed by atoms with Crippen LogP contribution in [0, 0.1) is 5.92 Å². The number of carboxylic acids is 1. The topological polar surface area (TPSA) is 63.6 Å². The monoisotopic (exact) mass is 272 g/mol. The number of carbonyl (C=O) groups excluding carboxylic acids is 1. The van der Waals surface area contributed by atoms with Gasteiger partial charge in [-0.3, -0.25) is 9.59 Å². The van der Waals surface area contributed by atoms with Gasteiger partial charge < -0.3 is 9.84 Å². The number of fused-ring (bicyclic) bond motifs is 1. The van der Waals surface area contributed by atoms with E-state index in [0.29, 0.717) is 6.42 Å². The Balaban J connectivity index is 2.23. The number of benzene rings is 2. The molecule has 0 saturated heterocycles. The number of ether oxygens (including phenoxy) is 1. The summed E-state index contributed by atoms with van der Waals surface area (Å²) in [5, 5.41) is 11.1. The normalized spacial score (nSPS) is 12.1. The third-order valence-electron chi connectivity index (χ3n) is 3.25. The van der Waals surface area contributed by atoms with E-state index in [1.54, 1.807) is 0 Å². The van der Waals surface area contributed by atoms with E-state index in [-0.39, 0.29) is 6.42 Å². The molecular formula is C16H16O4. The van der Waals surface area contributed by atoms with Gasteiger partial charge in [0.2, 0.25) is 0 Å². The number of hydrogen-bond donors (Lipinski definition) is 1. The molecule has 2 rings (SSSR count). The first-order valence-electron chi connectivity index (χ1n) is 6.37. The minimum absolute atomic E-state index is 0.223. The zero-order valence-corrected chi connectivity index (χ0v) is 11.2. The molecule has 0 amide bonds. The second kappa shape index (κ2) is 6.19. The number of hydrogen-bond acceptors (Lipinski definition) is 3. The average Bonchev–Trinajstić information content (AvgIpc) is 2.45. The van der Waals surface area contributed by atoms with E-state index in [9.17, 15) is 9.59 Å². The Bertz CT molecular complexity index is 633. The molecule has 0 radical (unpaired) electrons. The maximum absolute atomic E-state index is 11.6. The summed E-state index contributed by atoms with van der Waals surface area (Å²) in [5.74, 6) is -2.14. The lowest BCUT2D eigenvalue weighted by Gasteiger charge is -2.13. The summed E-state index contributed by atoms with van der Waals surface area (Å²) in [6.45, 7) is 0. The first-order chi connectivity index (χ1) is 9.60. The van der Waals surface area contributed by atoms with Crippen molar-refractivity contribution < 1.29 is 19.4 Å². The summed E-state index contributed by atoms with van der Waals surface area (Å²) >= 11 is 0. The van der Waals surface area contributed by atoms with Crippen LogP contribution < -0.4 is 0 Å². The van der Waals surface area contributed by atoms with Gasteiger partial charge in [-0.25, -0.2) is 0 Å². The molecule has 0 fully saturated rings. The fourth-order valence-electron chi connectivity index (χ4n) is 2.27. The molecule has 0 saturated carbocycles. The molecule has 2 aromatic rings. The molecule has 104 valence electrons. The van der Waals surface area contributed by atoms with Gasteiger partial charge in [-0.1, -0.05) is 42.5 Å². The lowest BCUT2D eigenvalue weighted by molar-refractivity contribution is -0.150. The maximum Gasteiger partial charge on any atom is 0.309 e. The summed E-state index contributed by atoms with van der Waals surface area (Å²) < 4.78 is 4.67. The van der Waals surface area contributed by atoms with Crippen LogP contribution in [-0.4, -0.2) is 24.2 Å². The van der Waals surface area contributed by atoms with Crippen molar-refractivity contribution in [1.82, 2.24) is 0 Å². The third-order valence-corrected chi connectivity index (χ3v) is 3.25. The fraction of sp³-hybridized carbons (Fsp3) is 0.250. The van der Waals surface area contributed by atoms with Crippen molar-refractivity contribution in [1.29, 1.82) is 0 Å². The van der Waals surface area contributed by atoms with Gasteiger partial charge in [0.25, 0.3) is 0 Å². The van der Waals surface area contributed by atoms with Crippen LogP contribution in [0.3, 0.4) is 0 Å². The summed E-state index contributed by atoms with van der Waals surface area (Å²) in [6, 6.07) is 13.8. The zero-order valence-electron chi connectivity index (χ0n) is 11.2. The van der Waals surface area contributed by atoms with Crippen LogP contribution in [0.25, 0.3) is 10.8 Å². The molecule has 4 nitrogen and oxygen atoms in total. The molecule has 0 aliphatic rings. The van der Waals surface area contributed by atoms with Gasteiger partial charge in [0.05, 0.1) is 19.4 Å². The molecular weight excluding hydrogens is 256 g/mol. The molecule has 20 heavy (non-hydrogen) atoms. The predicted octanol–water partition coefficient (Wildman–Crippen LogP) is 2.65. The summed E-state index contributed by atoms with van der Waals surface area (Å²) in [7, 11) is 1.28. The van der Waals surface area contributed by atoms with Crippen LogP contribution in [0.5, 0.6) is 0 Å². The van der Waals surface area contributed by atoms with Crippen molar-refractivity contribution in [3.63, 3.8) is 0 Å². The number of rotatable bonds is 5. The van der Waals surface area contributed by atoms with Crippen molar-refractivity contribution in [2.75, 3.05) is 7.11 Å². The van der Waals surface area contributed by atoms with Gasteiger partial charge in [-0.05, 0) is 22.8 Å². The molecule has 0 aliphatic carbocycles. The van der Waals surface area contributed by atoms with Crippen LogP contribution in [-0.2, 0) is 20.7 Å². The van der Waals surface area contributed by atoms with Gasteiger partial charge in [0.1, 0.15) is 0 Å². The van der Waals surface area contributed by atoms with E-state index < -0.39 is 17.9 Å². The highest BCUT2D eigenvalue weighted by Crippen LogP contribution is 2.20. The highest BCUT2D eigenvalue weighted by atomic mass is 16.5. The Morgan fingerprint density at radius 3 is 2.50 bits per heavy atom. The van der Waals surface area contributed by atoms with E-state index in [1.807, 2.05) is 42.5 Å². The number of esters is 1. The molecule has 0 heterocycles. The number of methoxy groups -OCH3 is 1. The van der Waals surface area contributed by atoms with E-state index >= 15 is 0 Å². The largest absolute Gasteiger partial charge is 0.481 e. The molecule has 0 spiro atoms. The summed E-state index contributed by atoms with van der Waals surface area (Å²) in [5.41, 5.74) is 0.931. The molecule has 1 N–H and O–H groups in total. The van der Waals surface area contributed by atoms with E-state index in [0.717, 1.165) is 16.3 Å². The highest BCUT2D eigenvalue weighted by molar-refractivity contribution is 5.83. The number of carboxylic acid groups (broad SMARTS) is 1.